The Bertz CT molecular complexity index is 524. The fourth-order valence-corrected chi connectivity index (χ4v) is 2.98. The average Bonchev–Trinajstić information content (AvgIpc) is 2.53. The number of piperidine rings is 1. The van der Waals surface area contributed by atoms with Gasteiger partial charge in [-0.2, -0.15) is 0 Å². The number of nitrogens with one attached hydrogen (secondary N) is 1. The van der Waals surface area contributed by atoms with Crippen molar-refractivity contribution in [2.24, 2.45) is 5.73 Å². The summed E-state index contributed by atoms with van der Waals surface area (Å²) >= 11 is 0. The molecule has 0 aromatic rings. The summed E-state index contributed by atoms with van der Waals surface area (Å²) in [5.41, 5.74) is 3.30. The molecule has 8 nitrogen and oxygen atoms in total. The summed E-state index contributed by atoms with van der Waals surface area (Å²) in [7, 11) is 0. The van der Waals surface area contributed by atoms with Crippen molar-refractivity contribution < 1.29 is 14.8 Å². The summed E-state index contributed by atoms with van der Waals surface area (Å²) in [4.78, 5) is 13.1. The SMILES string of the molecule is Cl.Cl.N=C(N)C1=CC=CC(OCCCN2CCCCC2)([N+](=O)[O-])C1O. The van der Waals surface area contributed by atoms with Crippen molar-refractivity contribution in [3.8, 4) is 0 Å². The summed E-state index contributed by atoms with van der Waals surface area (Å²) < 4.78 is 5.46. The molecular weight excluding hydrogens is 371 g/mol. The number of nitrogens with two attached hydrogens (primary N) is 1. The van der Waals surface area contributed by atoms with Crippen LogP contribution in [0.5, 0.6) is 0 Å². The average molecular weight is 397 g/mol. The Labute approximate surface area is 159 Å². The zero-order chi connectivity index (χ0) is 16.9. The van der Waals surface area contributed by atoms with E-state index in [1.807, 2.05) is 0 Å². The number of allylic oxidation sites excluding steroid dienone is 2. The van der Waals surface area contributed by atoms with E-state index in [0.717, 1.165) is 19.6 Å². The second kappa shape index (κ2) is 10.7. The molecule has 0 radical (unpaired) electrons. The van der Waals surface area contributed by atoms with Gasteiger partial charge < -0.3 is 20.5 Å². The van der Waals surface area contributed by atoms with Gasteiger partial charge >= 0.3 is 5.72 Å². The minimum atomic E-state index is -2.07. The van der Waals surface area contributed by atoms with Gasteiger partial charge in [-0.15, -0.1) is 24.8 Å². The summed E-state index contributed by atoms with van der Waals surface area (Å²) in [5, 5.41) is 29.1. The van der Waals surface area contributed by atoms with Crippen molar-refractivity contribution in [3.63, 3.8) is 0 Å². The Balaban J connectivity index is 0.00000288. The maximum Gasteiger partial charge on any atom is 0.375 e. The number of hydrogen-bond donors (Lipinski definition) is 3. The Morgan fingerprint density at radius 3 is 2.64 bits per heavy atom. The summed E-state index contributed by atoms with van der Waals surface area (Å²) in [6, 6.07) is 0. The third kappa shape index (κ3) is 5.65. The number of ether oxygens (including phenoxy) is 1. The van der Waals surface area contributed by atoms with Crippen LogP contribution in [0.25, 0.3) is 0 Å². The highest BCUT2D eigenvalue weighted by atomic mass is 35.5. The predicted molar refractivity (Wildman–Crippen MR) is 100 cm³/mol. The van der Waals surface area contributed by atoms with Gasteiger partial charge in [0.2, 0.25) is 0 Å². The second-order valence-corrected chi connectivity index (χ2v) is 5.91. The molecule has 10 heteroatoms. The van der Waals surface area contributed by atoms with E-state index in [0.29, 0.717) is 6.42 Å². The van der Waals surface area contributed by atoms with Gasteiger partial charge in [-0.05, 0) is 32.4 Å². The topological polar surface area (TPSA) is 126 Å². The third-order valence-electron chi connectivity index (χ3n) is 4.29. The molecule has 0 saturated carbocycles. The van der Waals surface area contributed by atoms with Gasteiger partial charge in [-0.1, -0.05) is 18.6 Å². The molecule has 2 atom stereocenters. The number of amidine groups is 1. The van der Waals surface area contributed by atoms with E-state index in [1.165, 1.54) is 37.5 Å². The van der Waals surface area contributed by atoms with Crippen molar-refractivity contribution in [2.75, 3.05) is 26.2 Å². The lowest BCUT2D eigenvalue weighted by atomic mass is 9.93. The normalized spacial score (nSPS) is 26.1. The zero-order valence-electron chi connectivity index (χ0n) is 13.9. The standard InChI is InChI=1S/C15H24N4O4.2ClH/c16-14(17)12-6-4-7-15(13(12)20,19(21)22)23-11-5-10-18-8-2-1-3-9-18;;/h4,6-7,13,20H,1-3,5,8-11H2,(H3,16,17);2*1H. The number of nitrogens with zero attached hydrogens (tertiary/aromatic N) is 2. The zero-order valence-corrected chi connectivity index (χ0v) is 15.6. The molecule has 0 aromatic heterocycles. The number of hydrogen-bond acceptors (Lipinski definition) is 6. The van der Waals surface area contributed by atoms with Crippen molar-refractivity contribution >= 4 is 30.6 Å². The number of halogens is 2. The highest BCUT2D eigenvalue weighted by molar-refractivity contribution is 5.96. The maximum atomic E-state index is 11.5. The summed E-state index contributed by atoms with van der Waals surface area (Å²) in [5.74, 6) is -0.398. The number of aliphatic hydroxyl groups is 1. The van der Waals surface area contributed by atoms with E-state index in [2.05, 4.69) is 4.90 Å². The fraction of sp³-hybridized carbons (Fsp3) is 0.667. The van der Waals surface area contributed by atoms with Crippen LogP contribution in [-0.2, 0) is 4.74 Å². The lowest BCUT2D eigenvalue weighted by molar-refractivity contribution is -0.624. The minimum absolute atomic E-state index is 0. The van der Waals surface area contributed by atoms with E-state index in [4.69, 9.17) is 15.9 Å². The van der Waals surface area contributed by atoms with E-state index < -0.39 is 22.6 Å². The lowest BCUT2D eigenvalue weighted by Crippen LogP contribution is -2.53. The van der Waals surface area contributed by atoms with Crippen LogP contribution in [0.1, 0.15) is 25.7 Å². The molecule has 0 bridgehead atoms. The lowest BCUT2D eigenvalue weighted by Gasteiger charge is -2.31. The Hall–Kier alpha value is -1.19. The highest BCUT2D eigenvalue weighted by Crippen LogP contribution is 2.28. The molecule has 1 saturated heterocycles. The molecule has 1 aliphatic heterocycles. The van der Waals surface area contributed by atoms with Gasteiger partial charge in [0, 0.05) is 18.2 Å². The molecule has 4 N–H and O–H groups in total. The van der Waals surface area contributed by atoms with Crippen LogP contribution in [0.4, 0.5) is 0 Å². The van der Waals surface area contributed by atoms with Crippen molar-refractivity contribution in [1.29, 1.82) is 5.41 Å². The van der Waals surface area contributed by atoms with Crippen molar-refractivity contribution in [2.45, 2.75) is 37.5 Å². The predicted octanol–water partition coefficient (Wildman–Crippen LogP) is 1.49. The smallest absolute Gasteiger partial charge is 0.375 e. The molecule has 1 fully saturated rings. The molecule has 2 unspecified atom stereocenters. The first kappa shape index (κ1) is 23.8. The molecule has 2 aliphatic rings. The highest BCUT2D eigenvalue weighted by Gasteiger charge is 2.52. The summed E-state index contributed by atoms with van der Waals surface area (Å²) in [6.07, 6.45) is 6.70. The van der Waals surface area contributed by atoms with Gasteiger partial charge in [-0.3, -0.25) is 15.5 Å². The van der Waals surface area contributed by atoms with Gasteiger partial charge in [0.15, 0.2) is 6.10 Å². The van der Waals surface area contributed by atoms with E-state index in [-0.39, 0.29) is 37.0 Å². The number of nitro groups is 1. The van der Waals surface area contributed by atoms with E-state index >= 15 is 0 Å². The number of rotatable bonds is 7. The Morgan fingerprint density at radius 2 is 2.08 bits per heavy atom. The maximum absolute atomic E-state index is 11.5. The van der Waals surface area contributed by atoms with Gasteiger partial charge in [0.1, 0.15) is 5.84 Å². The molecule has 0 amide bonds. The minimum Gasteiger partial charge on any atom is -0.384 e. The van der Waals surface area contributed by atoms with Crippen LogP contribution in [0.3, 0.4) is 0 Å². The van der Waals surface area contributed by atoms with Crippen LogP contribution in [0.15, 0.2) is 23.8 Å². The molecule has 1 heterocycles. The molecule has 2 rings (SSSR count). The second-order valence-electron chi connectivity index (χ2n) is 5.91. The monoisotopic (exact) mass is 396 g/mol. The van der Waals surface area contributed by atoms with Crippen LogP contribution >= 0.6 is 24.8 Å². The van der Waals surface area contributed by atoms with E-state index in [1.54, 1.807) is 0 Å². The molecule has 0 aromatic carbocycles. The van der Waals surface area contributed by atoms with Gasteiger partial charge in [-0.25, -0.2) is 0 Å². The van der Waals surface area contributed by atoms with E-state index in [9.17, 15) is 15.2 Å². The van der Waals surface area contributed by atoms with Crippen LogP contribution in [0.2, 0.25) is 0 Å². The first-order chi connectivity index (χ1) is 11.0. The van der Waals surface area contributed by atoms with Crippen LogP contribution in [0, 0.1) is 15.5 Å². The summed E-state index contributed by atoms with van der Waals surface area (Å²) in [6.45, 7) is 3.09. The third-order valence-corrected chi connectivity index (χ3v) is 4.29. The molecular formula is C15H26Cl2N4O4. The molecule has 0 spiro atoms. The van der Waals surface area contributed by atoms with Crippen LogP contribution < -0.4 is 5.73 Å². The van der Waals surface area contributed by atoms with Crippen molar-refractivity contribution in [1.82, 2.24) is 4.90 Å². The molecule has 25 heavy (non-hydrogen) atoms. The van der Waals surface area contributed by atoms with Crippen LogP contribution in [-0.4, -0.2) is 58.8 Å². The number of aliphatic hydroxyl groups excluding tert-OH is 1. The molecule has 1 aliphatic carbocycles. The first-order valence-electron chi connectivity index (χ1n) is 7.90. The van der Waals surface area contributed by atoms with Gasteiger partial charge in [0.05, 0.1) is 11.5 Å². The fourth-order valence-electron chi connectivity index (χ4n) is 2.98. The quantitative estimate of drug-likeness (QED) is 0.149. The van der Waals surface area contributed by atoms with Gasteiger partial charge in [0.25, 0.3) is 0 Å². The van der Waals surface area contributed by atoms with Crippen molar-refractivity contribution in [3.05, 3.63) is 33.9 Å². The Morgan fingerprint density at radius 1 is 1.44 bits per heavy atom. The number of likely N-dealkylation sites (tertiary alicyclic amines) is 1. The first-order valence-corrected chi connectivity index (χ1v) is 7.90. The largest absolute Gasteiger partial charge is 0.384 e. The molecule has 144 valence electrons. The Kier molecular flexibility index (Phi) is 10.2.